The predicted octanol–water partition coefficient (Wildman–Crippen LogP) is -2.31. The molecule has 1 aromatic carbocycles. The number of likely N-dealkylation sites (N-methyl/N-ethyl adjacent to an activating group) is 1. The summed E-state index contributed by atoms with van der Waals surface area (Å²) in [5.74, 6) is -1.93. The second-order valence-corrected chi connectivity index (χ2v) is 6.99. The summed E-state index contributed by atoms with van der Waals surface area (Å²) in [5, 5.41) is 48.5. The molecule has 1 aromatic rings. The average molecular weight is 437 g/mol. The van der Waals surface area contributed by atoms with Gasteiger partial charge in [-0.3, -0.25) is 9.59 Å². The molecule has 0 saturated heterocycles. The van der Waals surface area contributed by atoms with Gasteiger partial charge in [0.25, 0.3) is 0 Å². The van der Waals surface area contributed by atoms with Crippen molar-refractivity contribution in [3.63, 3.8) is 0 Å². The molecular weight excluding hydrogens is 398 g/mol. The van der Waals surface area contributed by atoms with E-state index in [1.54, 1.807) is 0 Å². The van der Waals surface area contributed by atoms with Gasteiger partial charge in [0.1, 0.15) is 18.7 Å². The van der Waals surface area contributed by atoms with Crippen molar-refractivity contribution >= 4 is 11.9 Å². The molecule has 0 aliphatic rings. The highest BCUT2D eigenvalue weighted by molar-refractivity contribution is 5.73. The first-order chi connectivity index (χ1) is 13.8. The number of aliphatic hydroxyl groups excluding tert-OH is 4. The van der Waals surface area contributed by atoms with Crippen LogP contribution in [0.15, 0.2) is 30.3 Å². The number of carboxylic acid groups (broad SMARTS) is 2. The van der Waals surface area contributed by atoms with E-state index in [0.717, 1.165) is 16.6 Å². The van der Waals surface area contributed by atoms with Crippen LogP contribution in [0.1, 0.15) is 5.56 Å². The summed E-state index contributed by atoms with van der Waals surface area (Å²) >= 11 is 0. The third kappa shape index (κ3) is 28.1. The maximum atomic E-state index is 10.4. The SMILES string of the molecule is C[N+](C)(C)CCO.NC(Cc1ccccc1)C(=O)O.NCC(=O)O.OCC(O)CO. The van der Waals surface area contributed by atoms with Gasteiger partial charge in [0.2, 0.25) is 0 Å². The molecule has 11 heteroatoms. The summed E-state index contributed by atoms with van der Waals surface area (Å²) in [6.45, 7) is 0.108. The van der Waals surface area contributed by atoms with Crippen molar-refractivity contribution in [1.82, 2.24) is 0 Å². The first kappa shape index (κ1) is 32.5. The molecule has 0 bridgehead atoms. The van der Waals surface area contributed by atoms with Gasteiger partial charge in [0.05, 0.1) is 47.5 Å². The van der Waals surface area contributed by atoms with Crippen LogP contribution in [0.2, 0.25) is 0 Å². The molecule has 0 fully saturated rings. The lowest BCUT2D eigenvalue weighted by molar-refractivity contribution is -0.870. The number of hydrogen-bond donors (Lipinski definition) is 8. The minimum atomic E-state index is -0.968. The molecule has 30 heavy (non-hydrogen) atoms. The van der Waals surface area contributed by atoms with Gasteiger partial charge in [0.15, 0.2) is 0 Å². The fourth-order valence-corrected chi connectivity index (χ4v) is 1.31. The van der Waals surface area contributed by atoms with Crippen LogP contribution in [0.5, 0.6) is 0 Å². The molecule has 1 atom stereocenters. The number of carboxylic acids is 2. The highest BCUT2D eigenvalue weighted by Gasteiger charge is 2.10. The number of nitrogens with two attached hydrogens (primary N) is 2. The van der Waals surface area contributed by atoms with Crippen LogP contribution in [-0.2, 0) is 16.0 Å². The van der Waals surface area contributed by atoms with Crippen molar-refractivity contribution in [2.75, 3.05) is 54.1 Å². The standard InChI is InChI=1S/C9H11NO2.C5H14NO.C3H8O3.C2H5NO2/c10-8(9(11)12)6-7-4-2-1-3-5-7;1-6(2,3)4-5-7;4-1-3(6)2-5;3-1-2(4)5/h1-5,8H,6,10H2,(H,11,12);7H,4-5H2,1-3H3;3-6H,1-2H2;1,3H2,(H,4,5)/q;+1;;. The topological polar surface area (TPSA) is 208 Å². The van der Waals surface area contributed by atoms with Gasteiger partial charge in [-0.25, -0.2) is 0 Å². The smallest absolute Gasteiger partial charge is 0.320 e. The maximum Gasteiger partial charge on any atom is 0.320 e. The first-order valence-corrected chi connectivity index (χ1v) is 9.09. The van der Waals surface area contributed by atoms with E-state index >= 15 is 0 Å². The zero-order valence-corrected chi connectivity index (χ0v) is 17.9. The summed E-state index contributed by atoms with van der Waals surface area (Å²) < 4.78 is 0.844. The predicted molar refractivity (Wildman–Crippen MR) is 113 cm³/mol. The van der Waals surface area contributed by atoms with Crippen LogP contribution in [0.25, 0.3) is 0 Å². The molecule has 10 N–H and O–H groups in total. The van der Waals surface area contributed by atoms with Crippen LogP contribution in [-0.4, -0.2) is 113 Å². The Kier molecular flexibility index (Phi) is 21.9. The van der Waals surface area contributed by atoms with Crippen molar-refractivity contribution in [2.45, 2.75) is 18.6 Å². The van der Waals surface area contributed by atoms with E-state index in [1.165, 1.54) is 0 Å². The molecule has 0 amide bonds. The molecule has 1 rings (SSSR count). The van der Waals surface area contributed by atoms with Gasteiger partial charge >= 0.3 is 11.9 Å². The van der Waals surface area contributed by atoms with Crippen LogP contribution < -0.4 is 11.5 Å². The van der Waals surface area contributed by atoms with Crippen LogP contribution in [0, 0.1) is 0 Å². The van der Waals surface area contributed by atoms with Gasteiger partial charge < -0.3 is 46.6 Å². The lowest BCUT2D eigenvalue weighted by Crippen LogP contribution is -2.36. The number of nitrogens with zero attached hydrogens (tertiary/aromatic N) is 1. The molecule has 0 aliphatic heterocycles. The second-order valence-electron chi connectivity index (χ2n) is 6.99. The van der Waals surface area contributed by atoms with Crippen molar-refractivity contribution < 1.29 is 44.7 Å². The zero-order valence-electron chi connectivity index (χ0n) is 17.9. The van der Waals surface area contributed by atoms with E-state index in [-0.39, 0.29) is 26.4 Å². The van der Waals surface area contributed by atoms with Gasteiger partial charge in [-0.05, 0) is 12.0 Å². The first-order valence-electron chi connectivity index (χ1n) is 9.09. The number of rotatable bonds is 8. The van der Waals surface area contributed by atoms with Crippen LogP contribution in [0.4, 0.5) is 0 Å². The van der Waals surface area contributed by atoms with Crippen LogP contribution in [0.3, 0.4) is 0 Å². The Hall–Kier alpha value is -2.12. The lowest BCUT2D eigenvalue weighted by atomic mass is 10.1. The van der Waals surface area contributed by atoms with Gasteiger partial charge in [-0.2, -0.15) is 0 Å². The molecule has 176 valence electrons. The quantitative estimate of drug-likeness (QED) is 0.204. The van der Waals surface area contributed by atoms with Gasteiger partial charge in [-0.15, -0.1) is 0 Å². The Morgan fingerprint density at radius 3 is 1.63 bits per heavy atom. The monoisotopic (exact) mass is 436 g/mol. The van der Waals surface area contributed by atoms with Gasteiger partial charge in [0, 0.05) is 0 Å². The molecule has 0 heterocycles. The number of aliphatic carboxylic acids is 2. The molecule has 11 nitrogen and oxygen atoms in total. The lowest BCUT2D eigenvalue weighted by Gasteiger charge is -2.21. The number of aliphatic hydroxyl groups is 4. The summed E-state index contributed by atoms with van der Waals surface area (Å²) in [6.07, 6.45) is -0.569. The van der Waals surface area contributed by atoms with E-state index in [0.29, 0.717) is 6.42 Å². The third-order valence-electron chi connectivity index (χ3n) is 2.98. The van der Waals surface area contributed by atoms with Gasteiger partial charge in [-0.1, -0.05) is 30.3 Å². The van der Waals surface area contributed by atoms with Crippen molar-refractivity contribution in [2.24, 2.45) is 11.5 Å². The molecule has 0 spiro atoms. The zero-order chi connectivity index (χ0) is 24.2. The minimum Gasteiger partial charge on any atom is -0.480 e. The summed E-state index contributed by atoms with van der Waals surface area (Å²) in [7, 11) is 6.16. The Morgan fingerprint density at radius 2 is 1.43 bits per heavy atom. The molecule has 0 aromatic heterocycles. The van der Waals surface area contributed by atoms with Crippen molar-refractivity contribution in [1.29, 1.82) is 0 Å². The highest BCUT2D eigenvalue weighted by Crippen LogP contribution is 2.01. The second kappa shape index (κ2) is 20.2. The van der Waals surface area contributed by atoms with Crippen molar-refractivity contribution in [3.8, 4) is 0 Å². The average Bonchev–Trinajstić information content (AvgIpc) is 2.68. The van der Waals surface area contributed by atoms with E-state index in [2.05, 4.69) is 26.9 Å². The number of carbonyl (C=O) groups is 2. The fraction of sp³-hybridized carbons (Fsp3) is 0.579. The Morgan fingerprint density at radius 1 is 1.00 bits per heavy atom. The molecule has 0 radical (unpaired) electrons. The number of quaternary nitrogens is 1. The molecule has 1 unspecified atom stereocenters. The van der Waals surface area contributed by atoms with E-state index < -0.39 is 24.1 Å². The third-order valence-corrected chi connectivity index (χ3v) is 2.98. The minimum absolute atomic E-state index is 0.278. The number of benzene rings is 1. The molecule has 0 saturated carbocycles. The number of hydrogen-bond acceptors (Lipinski definition) is 8. The highest BCUT2D eigenvalue weighted by atomic mass is 16.4. The van der Waals surface area contributed by atoms with E-state index in [4.69, 9.17) is 36.4 Å². The van der Waals surface area contributed by atoms with Crippen LogP contribution >= 0.6 is 0 Å². The largest absolute Gasteiger partial charge is 0.480 e. The Labute approximate surface area is 177 Å². The Balaban J connectivity index is -0.000000350. The van der Waals surface area contributed by atoms with Crippen molar-refractivity contribution in [3.05, 3.63) is 35.9 Å². The van der Waals surface area contributed by atoms with E-state index in [9.17, 15) is 9.59 Å². The van der Waals surface area contributed by atoms with E-state index in [1.807, 2.05) is 30.3 Å². The fourth-order valence-electron chi connectivity index (χ4n) is 1.31. The maximum absolute atomic E-state index is 10.4. The molecular formula is C19H38N3O8+. The summed E-state index contributed by atoms with van der Waals surface area (Å²) in [5.41, 5.74) is 10.9. The summed E-state index contributed by atoms with van der Waals surface area (Å²) in [6, 6.07) is 8.54. The normalized spacial score (nSPS) is 11.0. The Bertz CT molecular complexity index is 534. The summed E-state index contributed by atoms with van der Waals surface area (Å²) in [4.78, 5) is 19.6. The molecule has 0 aliphatic carbocycles.